The van der Waals surface area contributed by atoms with Crippen molar-refractivity contribution in [2.75, 3.05) is 5.88 Å². The second kappa shape index (κ2) is 3.60. The lowest BCUT2D eigenvalue weighted by atomic mass is 10.1. The van der Waals surface area contributed by atoms with Crippen molar-refractivity contribution in [1.29, 1.82) is 0 Å². The maximum Gasteiger partial charge on any atom is 0.121 e. The molecule has 2 N–H and O–H groups in total. The molecule has 0 saturated heterocycles. The predicted molar refractivity (Wildman–Crippen MR) is 43.8 cm³/mol. The van der Waals surface area contributed by atoms with Crippen molar-refractivity contribution < 1.29 is 10.2 Å². The maximum atomic E-state index is 9.22. The highest BCUT2D eigenvalue weighted by Gasteiger charge is 2.08. The number of phenolic OH excluding ortho intramolecular Hbond substituents is 1. The number of hydrogen-bond donors (Lipinski definition) is 2. The molecule has 0 radical (unpaired) electrons. The van der Waals surface area contributed by atoms with Gasteiger partial charge in [0, 0.05) is 5.56 Å². The van der Waals surface area contributed by atoms with Crippen molar-refractivity contribution in [3.63, 3.8) is 0 Å². The minimum absolute atomic E-state index is 0.0839. The Kier molecular flexibility index (Phi) is 2.74. The molecular weight excluding hydrogens is 164 g/mol. The molecular formula is C8H9ClO2. The van der Waals surface area contributed by atoms with Gasteiger partial charge in [0.25, 0.3) is 0 Å². The standard InChI is InChI=1S/C8H9ClO2/c9-5-8(11)6-3-1-2-4-7(6)10/h1-4,8,10-11H,5H2. The molecule has 1 aromatic rings. The molecule has 0 fully saturated rings. The molecule has 1 atom stereocenters. The van der Waals surface area contributed by atoms with E-state index >= 15 is 0 Å². The van der Waals surface area contributed by atoms with Crippen LogP contribution < -0.4 is 0 Å². The maximum absolute atomic E-state index is 9.22. The SMILES string of the molecule is Oc1ccccc1C(O)CCl. The van der Waals surface area contributed by atoms with Crippen molar-refractivity contribution in [3.05, 3.63) is 29.8 Å². The number of para-hydroxylation sites is 1. The lowest BCUT2D eigenvalue weighted by molar-refractivity contribution is 0.198. The molecule has 1 unspecified atom stereocenters. The van der Waals surface area contributed by atoms with E-state index in [1.165, 1.54) is 6.07 Å². The van der Waals surface area contributed by atoms with Crippen molar-refractivity contribution in [1.82, 2.24) is 0 Å². The zero-order valence-electron chi connectivity index (χ0n) is 5.87. The van der Waals surface area contributed by atoms with Gasteiger partial charge in [-0.15, -0.1) is 11.6 Å². The first-order valence-corrected chi connectivity index (χ1v) is 3.81. The molecule has 0 aromatic heterocycles. The molecule has 0 amide bonds. The van der Waals surface area contributed by atoms with E-state index in [1.807, 2.05) is 0 Å². The Morgan fingerprint density at radius 2 is 2.00 bits per heavy atom. The quantitative estimate of drug-likeness (QED) is 0.667. The van der Waals surface area contributed by atoms with Gasteiger partial charge in [-0.05, 0) is 6.07 Å². The van der Waals surface area contributed by atoms with Crippen LogP contribution in [-0.2, 0) is 0 Å². The molecule has 11 heavy (non-hydrogen) atoms. The van der Waals surface area contributed by atoms with Crippen molar-refractivity contribution >= 4 is 11.6 Å². The summed E-state index contributed by atoms with van der Waals surface area (Å²) in [6, 6.07) is 6.60. The molecule has 0 saturated carbocycles. The van der Waals surface area contributed by atoms with Gasteiger partial charge in [0.2, 0.25) is 0 Å². The summed E-state index contributed by atoms with van der Waals surface area (Å²) in [6.45, 7) is 0. The van der Waals surface area contributed by atoms with Crippen LogP contribution in [-0.4, -0.2) is 16.1 Å². The van der Waals surface area contributed by atoms with Gasteiger partial charge in [-0.25, -0.2) is 0 Å². The Balaban J connectivity index is 2.93. The summed E-state index contributed by atoms with van der Waals surface area (Å²) in [5.74, 6) is 0.179. The molecule has 0 bridgehead atoms. The second-order valence-electron chi connectivity index (χ2n) is 2.23. The Morgan fingerprint density at radius 1 is 1.36 bits per heavy atom. The smallest absolute Gasteiger partial charge is 0.121 e. The fourth-order valence-electron chi connectivity index (χ4n) is 0.852. The molecule has 0 spiro atoms. The number of rotatable bonds is 2. The van der Waals surface area contributed by atoms with Gasteiger partial charge in [0.05, 0.1) is 12.0 Å². The lowest BCUT2D eigenvalue weighted by Gasteiger charge is -2.07. The van der Waals surface area contributed by atoms with Crippen LogP contribution in [0.3, 0.4) is 0 Å². The third kappa shape index (κ3) is 1.85. The first-order valence-electron chi connectivity index (χ1n) is 3.27. The van der Waals surface area contributed by atoms with Crippen LogP contribution in [0.2, 0.25) is 0 Å². The van der Waals surface area contributed by atoms with Crippen molar-refractivity contribution in [2.45, 2.75) is 6.10 Å². The fourth-order valence-corrected chi connectivity index (χ4v) is 1.02. The summed E-state index contributed by atoms with van der Waals surface area (Å²) < 4.78 is 0. The van der Waals surface area contributed by atoms with Gasteiger partial charge in [-0.2, -0.15) is 0 Å². The minimum Gasteiger partial charge on any atom is -0.508 e. The third-order valence-corrected chi connectivity index (χ3v) is 1.73. The second-order valence-corrected chi connectivity index (χ2v) is 2.54. The van der Waals surface area contributed by atoms with Crippen LogP contribution in [0.1, 0.15) is 11.7 Å². The third-order valence-electron chi connectivity index (χ3n) is 1.44. The summed E-state index contributed by atoms with van der Waals surface area (Å²) >= 11 is 5.40. The normalized spacial score (nSPS) is 12.9. The van der Waals surface area contributed by atoms with E-state index in [0.29, 0.717) is 5.56 Å². The molecule has 1 aromatic carbocycles. The highest BCUT2D eigenvalue weighted by atomic mass is 35.5. The molecule has 0 aliphatic heterocycles. The number of aliphatic hydroxyl groups excluding tert-OH is 1. The van der Waals surface area contributed by atoms with Crippen LogP contribution in [0.15, 0.2) is 24.3 Å². The summed E-state index contributed by atoms with van der Waals surface area (Å²) in [5.41, 5.74) is 0.475. The summed E-state index contributed by atoms with van der Waals surface area (Å²) in [7, 11) is 0. The van der Waals surface area contributed by atoms with Crippen LogP contribution in [0, 0.1) is 0 Å². The van der Waals surface area contributed by atoms with E-state index in [9.17, 15) is 10.2 Å². The van der Waals surface area contributed by atoms with Crippen molar-refractivity contribution in [2.24, 2.45) is 0 Å². The van der Waals surface area contributed by atoms with Crippen molar-refractivity contribution in [3.8, 4) is 5.75 Å². The van der Waals surface area contributed by atoms with Gasteiger partial charge >= 0.3 is 0 Å². The summed E-state index contributed by atoms with van der Waals surface area (Å²) in [5, 5.41) is 18.4. The topological polar surface area (TPSA) is 40.5 Å². The highest BCUT2D eigenvalue weighted by molar-refractivity contribution is 6.18. The van der Waals surface area contributed by atoms with Crippen LogP contribution in [0.25, 0.3) is 0 Å². The van der Waals surface area contributed by atoms with E-state index in [-0.39, 0.29) is 11.6 Å². The first-order chi connectivity index (χ1) is 5.25. The number of aromatic hydroxyl groups is 1. The average Bonchev–Trinajstić information content (AvgIpc) is 2.04. The lowest BCUT2D eigenvalue weighted by Crippen LogP contribution is -1.98. The van der Waals surface area contributed by atoms with E-state index in [4.69, 9.17) is 11.6 Å². The molecule has 3 heteroatoms. The van der Waals surface area contributed by atoms with Gasteiger partial charge in [-0.1, -0.05) is 18.2 Å². The Hall–Kier alpha value is -0.730. The molecule has 0 aliphatic carbocycles. The molecule has 0 aliphatic rings. The van der Waals surface area contributed by atoms with Gasteiger partial charge in [0.15, 0.2) is 0 Å². The Labute approximate surface area is 70.1 Å². The summed E-state index contributed by atoms with van der Waals surface area (Å²) in [4.78, 5) is 0. The number of halogens is 1. The first kappa shape index (κ1) is 8.37. The molecule has 1 rings (SSSR count). The largest absolute Gasteiger partial charge is 0.508 e. The predicted octanol–water partition coefficient (Wildman–Crippen LogP) is 1.66. The zero-order valence-corrected chi connectivity index (χ0v) is 6.62. The summed E-state index contributed by atoms with van der Waals surface area (Å²) in [6.07, 6.45) is -0.780. The molecule has 2 nitrogen and oxygen atoms in total. The van der Waals surface area contributed by atoms with Crippen LogP contribution >= 0.6 is 11.6 Å². The zero-order chi connectivity index (χ0) is 8.27. The monoisotopic (exact) mass is 172 g/mol. The number of benzene rings is 1. The van der Waals surface area contributed by atoms with E-state index in [0.717, 1.165) is 0 Å². The van der Waals surface area contributed by atoms with Gasteiger partial charge in [-0.3, -0.25) is 0 Å². The number of alkyl halides is 1. The van der Waals surface area contributed by atoms with Crippen LogP contribution in [0.4, 0.5) is 0 Å². The van der Waals surface area contributed by atoms with E-state index < -0.39 is 6.10 Å². The number of hydrogen-bond acceptors (Lipinski definition) is 2. The minimum atomic E-state index is -0.780. The Morgan fingerprint density at radius 3 is 2.55 bits per heavy atom. The van der Waals surface area contributed by atoms with E-state index in [1.54, 1.807) is 18.2 Å². The molecule has 60 valence electrons. The Bertz CT molecular complexity index is 237. The fraction of sp³-hybridized carbons (Fsp3) is 0.250. The average molecular weight is 173 g/mol. The van der Waals surface area contributed by atoms with E-state index in [2.05, 4.69) is 0 Å². The van der Waals surface area contributed by atoms with Crippen LogP contribution in [0.5, 0.6) is 5.75 Å². The van der Waals surface area contributed by atoms with Gasteiger partial charge in [0.1, 0.15) is 5.75 Å². The highest BCUT2D eigenvalue weighted by Crippen LogP contribution is 2.23. The number of phenols is 1. The molecule has 0 heterocycles. The number of aliphatic hydroxyl groups is 1. The van der Waals surface area contributed by atoms with Gasteiger partial charge < -0.3 is 10.2 Å².